The average molecular weight is 288 g/mol. The minimum Gasteiger partial charge on any atom is -0.394 e. The molecule has 0 aliphatic carbocycles. The minimum atomic E-state index is -0.152. The van der Waals surface area contributed by atoms with Gasteiger partial charge in [0.15, 0.2) is 0 Å². The molecule has 5 nitrogen and oxygen atoms in total. The fourth-order valence-electron chi connectivity index (χ4n) is 1.41. The summed E-state index contributed by atoms with van der Waals surface area (Å²) in [5.74, 6) is 1.44. The molecular weight excluding hydrogens is 266 g/mol. The highest BCUT2D eigenvalue weighted by Gasteiger charge is 2.20. The fraction of sp³-hybridized carbons (Fsp3) is 0.692. The lowest BCUT2D eigenvalue weighted by atomic mass is 9.95. The SMILES string of the molecule is Cc1c(Cl)nc(C(C)(C)C)nc1NCCOCCO. The number of hydrogen-bond donors (Lipinski definition) is 2. The van der Waals surface area contributed by atoms with Gasteiger partial charge in [-0.2, -0.15) is 0 Å². The number of hydrogen-bond acceptors (Lipinski definition) is 5. The van der Waals surface area contributed by atoms with E-state index in [2.05, 4.69) is 15.3 Å². The molecule has 1 rings (SSSR count). The first-order valence-electron chi connectivity index (χ1n) is 6.33. The highest BCUT2D eigenvalue weighted by molar-refractivity contribution is 6.30. The second-order valence-corrected chi connectivity index (χ2v) is 5.68. The maximum absolute atomic E-state index is 8.61. The summed E-state index contributed by atoms with van der Waals surface area (Å²) in [5, 5.41) is 12.3. The molecule has 0 aromatic carbocycles. The zero-order valence-electron chi connectivity index (χ0n) is 12.0. The van der Waals surface area contributed by atoms with E-state index in [1.54, 1.807) is 0 Å². The lowest BCUT2D eigenvalue weighted by Gasteiger charge is -2.19. The third-order valence-corrected chi connectivity index (χ3v) is 2.90. The molecule has 0 saturated carbocycles. The summed E-state index contributed by atoms with van der Waals surface area (Å²) in [6.07, 6.45) is 0. The predicted octanol–water partition coefficient (Wildman–Crippen LogP) is 2.16. The third-order valence-electron chi connectivity index (χ3n) is 2.53. The number of nitrogens with one attached hydrogen (secondary N) is 1. The molecule has 0 bridgehead atoms. The Bertz CT molecular complexity index is 419. The number of aliphatic hydroxyl groups excluding tert-OH is 1. The van der Waals surface area contributed by atoms with Crippen LogP contribution in [-0.4, -0.2) is 41.4 Å². The molecule has 0 fully saturated rings. The number of aromatic nitrogens is 2. The number of halogens is 1. The van der Waals surface area contributed by atoms with Gasteiger partial charge in [-0.25, -0.2) is 9.97 Å². The molecule has 1 heterocycles. The number of nitrogens with zero attached hydrogens (tertiary/aromatic N) is 2. The van der Waals surface area contributed by atoms with E-state index in [0.29, 0.717) is 30.7 Å². The minimum absolute atomic E-state index is 0.0343. The van der Waals surface area contributed by atoms with Crippen LogP contribution >= 0.6 is 11.6 Å². The van der Waals surface area contributed by atoms with Gasteiger partial charge < -0.3 is 15.2 Å². The zero-order valence-corrected chi connectivity index (χ0v) is 12.7. The van der Waals surface area contributed by atoms with Crippen molar-refractivity contribution in [1.29, 1.82) is 0 Å². The maximum atomic E-state index is 8.61. The maximum Gasteiger partial charge on any atom is 0.137 e. The smallest absolute Gasteiger partial charge is 0.137 e. The van der Waals surface area contributed by atoms with E-state index < -0.39 is 0 Å². The normalized spacial score (nSPS) is 11.7. The van der Waals surface area contributed by atoms with E-state index in [1.165, 1.54) is 0 Å². The van der Waals surface area contributed by atoms with Crippen LogP contribution in [0.25, 0.3) is 0 Å². The molecule has 6 heteroatoms. The molecule has 2 N–H and O–H groups in total. The predicted molar refractivity (Wildman–Crippen MR) is 76.9 cm³/mol. The Balaban J connectivity index is 2.74. The molecule has 0 atom stereocenters. The quantitative estimate of drug-likeness (QED) is 0.620. The van der Waals surface area contributed by atoms with Gasteiger partial charge in [0, 0.05) is 17.5 Å². The van der Waals surface area contributed by atoms with E-state index in [4.69, 9.17) is 21.4 Å². The van der Waals surface area contributed by atoms with Crippen LogP contribution in [-0.2, 0) is 10.2 Å². The van der Waals surface area contributed by atoms with Gasteiger partial charge in [0.25, 0.3) is 0 Å². The van der Waals surface area contributed by atoms with Crippen LogP contribution in [0.1, 0.15) is 32.2 Å². The molecule has 0 aliphatic heterocycles. The van der Waals surface area contributed by atoms with Crippen molar-refractivity contribution in [2.24, 2.45) is 0 Å². The summed E-state index contributed by atoms with van der Waals surface area (Å²) in [5.41, 5.74) is 0.679. The Hall–Kier alpha value is -0.910. The Kier molecular flexibility index (Phi) is 5.97. The summed E-state index contributed by atoms with van der Waals surface area (Å²) < 4.78 is 5.18. The van der Waals surface area contributed by atoms with E-state index >= 15 is 0 Å². The van der Waals surface area contributed by atoms with Crippen molar-refractivity contribution >= 4 is 17.4 Å². The van der Waals surface area contributed by atoms with Crippen LogP contribution in [0.4, 0.5) is 5.82 Å². The van der Waals surface area contributed by atoms with Gasteiger partial charge in [-0.15, -0.1) is 0 Å². The van der Waals surface area contributed by atoms with Crippen molar-refractivity contribution in [3.63, 3.8) is 0 Å². The highest BCUT2D eigenvalue weighted by Crippen LogP contribution is 2.25. The van der Waals surface area contributed by atoms with Crippen LogP contribution in [0.5, 0.6) is 0 Å². The molecule has 0 spiro atoms. The fourth-order valence-corrected chi connectivity index (χ4v) is 1.57. The molecular formula is C13H22ClN3O2. The van der Waals surface area contributed by atoms with Crippen molar-refractivity contribution in [2.45, 2.75) is 33.1 Å². The molecule has 0 radical (unpaired) electrons. The summed E-state index contributed by atoms with van der Waals surface area (Å²) in [6.45, 7) is 9.51. The van der Waals surface area contributed by atoms with Crippen LogP contribution in [0, 0.1) is 6.92 Å². The summed E-state index contributed by atoms with van der Waals surface area (Å²) >= 11 is 6.13. The van der Waals surface area contributed by atoms with Crippen molar-refractivity contribution in [2.75, 3.05) is 31.7 Å². The van der Waals surface area contributed by atoms with Gasteiger partial charge in [-0.1, -0.05) is 32.4 Å². The standard InChI is InChI=1S/C13H22ClN3O2/c1-9-10(14)16-12(13(2,3)4)17-11(9)15-5-7-19-8-6-18/h18H,5-8H2,1-4H3,(H,15,16,17). The Labute approximate surface area is 119 Å². The first-order chi connectivity index (χ1) is 8.86. The van der Waals surface area contributed by atoms with Crippen molar-refractivity contribution in [1.82, 2.24) is 9.97 Å². The van der Waals surface area contributed by atoms with Crippen LogP contribution in [0.3, 0.4) is 0 Å². The number of anilines is 1. The zero-order chi connectivity index (χ0) is 14.5. The first kappa shape index (κ1) is 16.1. The van der Waals surface area contributed by atoms with Crippen LogP contribution in [0.15, 0.2) is 0 Å². The van der Waals surface area contributed by atoms with Gasteiger partial charge in [0.1, 0.15) is 16.8 Å². The molecule has 0 saturated heterocycles. The Morgan fingerprint density at radius 1 is 1.26 bits per heavy atom. The average Bonchev–Trinajstić information content (AvgIpc) is 2.32. The number of aliphatic hydroxyl groups is 1. The summed E-state index contributed by atoms with van der Waals surface area (Å²) in [4.78, 5) is 8.82. The van der Waals surface area contributed by atoms with Crippen LogP contribution < -0.4 is 5.32 Å². The molecule has 108 valence electrons. The van der Waals surface area contributed by atoms with E-state index in [1.807, 2.05) is 27.7 Å². The first-order valence-corrected chi connectivity index (χ1v) is 6.71. The number of ether oxygens (including phenoxy) is 1. The van der Waals surface area contributed by atoms with Crippen molar-refractivity contribution < 1.29 is 9.84 Å². The van der Waals surface area contributed by atoms with E-state index in [9.17, 15) is 0 Å². The van der Waals surface area contributed by atoms with Gasteiger partial charge >= 0.3 is 0 Å². The highest BCUT2D eigenvalue weighted by atomic mass is 35.5. The Morgan fingerprint density at radius 2 is 1.95 bits per heavy atom. The number of rotatable bonds is 6. The molecule has 1 aromatic heterocycles. The summed E-state index contributed by atoms with van der Waals surface area (Å²) in [7, 11) is 0. The molecule has 0 unspecified atom stereocenters. The van der Waals surface area contributed by atoms with Gasteiger partial charge in [-0.05, 0) is 6.92 Å². The van der Waals surface area contributed by atoms with Gasteiger partial charge in [-0.3, -0.25) is 0 Å². The molecule has 19 heavy (non-hydrogen) atoms. The second kappa shape index (κ2) is 7.03. The molecule has 1 aromatic rings. The van der Waals surface area contributed by atoms with Crippen molar-refractivity contribution in [3.05, 3.63) is 16.5 Å². The van der Waals surface area contributed by atoms with Gasteiger partial charge in [0.2, 0.25) is 0 Å². The monoisotopic (exact) mass is 287 g/mol. The lowest BCUT2D eigenvalue weighted by Crippen LogP contribution is -2.19. The second-order valence-electron chi connectivity index (χ2n) is 5.32. The largest absolute Gasteiger partial charge is 0.394 e. The Morgan fingerprint density at radius 3 is 2.53 bits per heavy atom. The van der Waals surface area contributed by atoms with Crippen molar-refractivity contribution in [3.8, 4) is 0 Å². The summed E-state index contributed by atoms with van der Waals surface area (Å²) in [6, 6.07) is 0. The van der Waals surface area contributed by atoms with E-state index in [0.717, 1.165) is 11.4 Å². The third kappa shape index (κ3) is 4.93. The topological polar surface area (TPSA) is 67.3 Å². The van der Waals surface area contributed by atoms with Gasteiger partial charge in [0.05, 0.1) is 19.8 Å². The molecule has 0 aliphatic rings. The van der Waals surface area contributed by atoms with E-state index in [-0.39, 0.29) is 12.0 Å². The molecule has 0 amide bonds. The lowest BCUT2D eigenvalue weighted by molar-refractivity contribution is 0.0992. The van der Waals surface area contributed by atoms with Crippen LogP contribution in [0.2, 0.25) is 5.15 Å².